The summed E-state index contributed by atoms with van der Waals surface area (Å²) >= 11 is 0. The van der Waals surface area contributed by atoms with Gasteiger partial charge in [0.1, 0.15) is 11.5 Å². The van der Waals surface area contributed by atoms with E-state index in [0.29, 0.717) is 30.2 Å². The number of carbonyl (C=O) groups is 1. The third-order valence-electron chi connectivity index (χ3n) is 4.00. The SMILES string of the molecule is C=CS(=O)(=O)NCC1CCN(C(=O)c2ccc(OC)cc2OC)C1. The highest BCUT2D eigenvalue weighted by atomic mass is 32.2. The average Bonchev–Trinajstić information content (AvgIpc) is 3.08. The fourth-order valence-electron chi connectivity index (χ4n) is 2.62. The van der Waals surface area contributed by atoms with Gasteiger partial charge in [0.15, 0.2) is 0 Å². The number of amides is 1. The number of nitrogens with one attached hydrogen (secondary N) is 1. The van der Waals surface area contributed by atoms with Crippen LogP contribution in [0.4, 0.5) is 0 Å². The molecule has 132 valence electrons. The molecule has 24 heavy (non-hydrogen) atoms. The molecule has 1 aromatic rings. The number of methoxy groups -OCH3 is 2. The zero-order valence-electron chi connectivity index (χ0n) is 13.8. The van der Waals surface area contributed by atoms with Crippen molar-refractivity contribution < 1.29 is 22.7 Å². The fraction of sp³-hybridized carbons (Fsp3) is 0.438. The van der Waals surface area contributed by atoms with Gasteiger partial charge < -0.3 is 14.4 Å². The van der Waals surface area contributed by atoms with Crippen LogP contribution in [0.5, 0.6) is 11.5 Å². The monoisotopic (exact) mass is 354 g/mol. The van der Waals surface area contributed by atoms with Gasteiger partial charge in [-0.25, -0.2) is 13.1 Å². The van der Waals surface area contributed by atoms with Gasteiger partial charge in [-0.3, -0.25) is 4.79 Å². The summed E-state index contributed by atoms with van der Waals surface area (Å²) in [6.07, 6.45) is 0.740. The number of likely N-dealkylation sites (tertiary alicyclic amines) is 1. The summed E-state index contributed by atoms with van der Waals surface area (Å²) < 4.78 is 35.7. The third-order valence-corrected chi connectivity index (χ3v) is 5.01. The van der Waals surface area contributed by atoms with Crippen molar-refractivity contribution >= 4 is 15.9 Å². The lowest BCUT2D eigenvalue weighted by Gasteiger charge is -2.18. The van der Waals surface area contributed by atoms with Gasteiger partial charge in [-0.05, 0) is 24.5 Å². The van der Waals surface area contributed by atoms with Gasteiger partial charge >= 0.3 is 0 Å². The van der Waals surface area contributed by atoms with E-state index in [1.165, 1.54) is 7.11 Å². The number of rotatable bonds is 7. The smallest absolute Gasteiger partial charge is 0.257 e. The van der Waals surface area contributed by atoms with Crippen LogP contribution in [0.25, 0.3) is 0 Å². The maximum Gasteiger partial charge on any atom is 0.257 e. The lowest BCUT2D eigenvalue weighted by Crippen LogP contribution is -2.32. The first-order valence-corrected chi connectivity index (χ1v) is 9.08. The van der Waals surface area contributed by atoms with E-state index in [4.69, 9.17) is 9.47 Å². The van der Waals surface area contributed by atoms with Crippen molar-refractivity contribution in [3.63, 3.8) is 0 Å². The Labute approximate surface area is 142 Å². The van der Waals surface area contributed by atoms with Gasteiger partial charge in [0.2, 0.25) is 10.0 Å². The Morgan fingerprint density at radius 2 is 2.17 bits per heavy atom. The van der Waals surface area contributed by atoms with Crippen LogP contribution < -0.4 is 14.2 Å². The lowest BCUT2D eigenvalue weighted by atomic mass is 10.1. The van der Waals surface area contributed by atoms with Gasteiger partial charge in [-0.15, -0.1) is 0 Å². The predicted octanol–water partition coefficient (Wildman–Crippen LogP) is 1.23. The zero-order chi connectivity index (χ0) is 17.7. The maximum atomic E-state index is 12.7. The number of benzene rings is 1. The van der Waals surface area contributed by atoms with E-state index in [1.54, 1.807) is 30.2 Å². The van der Waals surface area contributed by atoms with Crippen LogP contribution in [0.2, 0.25) is 0 Å². The van der Waals surface area contributed by atoms with E-state index in [1.807, 2.05) is 0 Å². The fourth-order valence-corrected chi connectivity index (χ4v) is 3.21. The lowest BCUT2D eigenvalue weighted by molar-refractivity contribution is 0.0784. The Morgan fingerprint density at radius 3 is 2.79 bits per heavy atom. The molecule has 1 saturated heterocycles. The highest BCUT2D eigenvalue weighted by Crippen LogP contribution is 2.27. The Bertz CT molecular complexity index is 717. The largest absolute Gasteiger partial charge is 0.497 e. The maximum absolute atomic E-state index is 12.7. The van der Waals surface area contributed by atoms with E-state index in [0.717, 1.165) is 11.8 Å². The Morgan fingerprint density at radius 1 is 1.42 bits per heavy atom. The average molecular weight is 354 g/mol. The molecule has 1 aliphatic heterocycles. The zero-order valence-corrected chi connectivity index (χ0v) is 14.6. The number of carbonyl (C=O) groups excluding carboxylic acids is 1. The summed E-state index contributed by atoms with van der Waals surface area (Å²) in [5.74, 6) is 1.01. The predicted molar refractivity (Wildman–Crippen MR) is 90.7 cm³/mol. The first kappa shape index (κ1) is 18.3. The summed E-state index contributed by atoms with van der Waals surface area (Å²) in [4.78, 5) is 14.4. The minimum absolute atomic E-state index is 0.0768. The van der Waals surface area contributed by atoms with Crippen molar-refractivity contribution in [3.8, 4) is 11.5 Å². The molecule has 8 heteroatoms. The molecule has 1 amide bonds. The Balaban J connectivity index is 2.03. The van der Waals surface area contributed by atoms with Crippen LogP contribution in [0.3, 0.4) is 0 Å². The second-order valence-electron chi connectivity index (χ2n) is 5.53. The van der Waals surface area contributed by atoms with E-state index >= 15 is 0 Å². The quantitative estimate of drug-likeness (QED) is 0.796. The number of hydrogen-bond donors (Lipinski definition) is 1. The summed E-state index contributed by atoms with van der Waals surface area (Å²) in [5, 5.41) is 0.882. The van der Waals surface area contributed by atoms with E-state index in [-0.39, 0.29) is 18.4 Å². The van der Waals surface area contributed by atoms with Gasteiger partial charge in [-0.2, -0.15) is 0 Å². The van der Waals surface area contributed by atoms with Crippen molar-refractivity contribution in [1.82, 2.24) is 9.62 Å². The molecular weight excluding hydrogens is 332 g/mol. The highest BCUT2D eigenvalue weighted by molar-refractivity contribution is 7.92. The Kier molecular flexibility index (Phi) is 5.84. The Hall–Kier alpha value is -2.06. The standard InChI is InChI=1S/C16H22N2O5S/c1-4-24(20,21)17-10-12-7-8-18(11-12)16(19)14-6-5-13(22-2)9-15(14)23-3/h4-6,9,12,17H,1,7-8,10-11H2,2-3H3. The molecule has 1 atom stereocenters. The van der Waals surface area contributed by atoms with Crippen LogP contribution in [0.1, 0.15) is 16.8 Å². The molecule has 1 aromatic carbocycles. The molecule has 2 rings (SSSR count). The number of sulfonamides is 1. The molecule has 0 radical (unpaired) electrons. The molecule has 0 aromatic heterocycles. The molecule has 0 spiro atoms. The second kappa shape index (κ2) is 7.67. The molecule has 7 nitrogen and oxygen atoms in total. The van der Waals surface area contributed by atoms with Gasteiger partial charge in [0.25, 0.3) is 5.91 Å². The first-order valence-electron chi connectivity index (χ1n) is 7.53. The van der Waals surface area contributed by atoms with Crippen LogP contribution >= 0.6 is 0 Å². The third kappa shape index (κ3) is 4.27. The molecule has 1 N–H and O–H groups in total. The minimum Gasteiger partial charge on any atom is -0.497 e. The molecule has 0 bridgehead atoms. The van der Waals surface area contributed by atoms with E-state index in [2.05, 4.69) is 11.3 Å². The normalized spacial score (nSPS) is 17.6. The summed E-state index contributed by atoms with van der Waals surface area (Å²) in [6.45, 7) is 4.62. The van der Waals surface area contributed by atoms with Crippen molar-refractivity contribution in [2.75, 3.05) is 33.9 Å². The van der Waals surface area contributed by atoms with E-state index in [9.17, 15) is 13.2 Å². The second-order valence-corrected chi connectivity index (χ2v) is 7.24. The minimum atomic E-state index is -3.44. The van der Waals surface area contributed by atoms with Crippen molar-refractivity contribution in [3.05, 3.63) is 35.7 Å². The van der Waals surface area contributed by atoms with Crippen LogP contribution in [-0.4, -0.2) is 53.1 Å². The molecule has 1 heterocycles. The molecule has 1 fully saturated rings. The number of nitrogens with zero attached hydrogens (tertiary/aromatic N) is 1. The summed E-state index contributed by atoms with van der Waals surface area (Å²) in [5.41, 5.74) is 0.464. The number of ether oxygens (including phenoxy) is 2. The van der Waals surface area contributed by atoms with Gasteiger partial charge in [0.05, 0.1) is 19.8 Å². The molecule has 1 unspecified atom stereocenters. The topological polar surface area (TPSA) is 84.9 Å². The van der Waals surface area contributed by atoms with E-state index < -0.39 is 10.0 Å². The molecule has 0 aliphatic carbocycles. The van der Waals surface area contributed by atoms with Gasteiger partial charge in [0, 0.05) is 31.1 Å². The van der Waals surface area contributed by atoms with Crippen molar-refractivity contribution in [1.29, 1.82) is 0 Å². The highest BCUT2D eigenvalue weighted by Gasteiger charge is 2.29. The van der Waals surface area contributed by atoms with Crippen LogP contribution in [0.15, 0.2) is 30.2 Å². The summed E-state index contributed by atoms with van der Waals surface area (Å²) in [7, 11) is -0.389. The molecule has 0 saturated carbocycles. The first-order chi connectivity index (χ1) is 11.4. The molecular formula is C16H22N2O5S. The van der Waals surface area contributed by atoms with Gasteiger partial charge in [-0.1, -0.05) is 6.58 Å². The molecule has 1 aliphatic rings. The van der Waals surface area contributed by atoms with Crippen molar-refractivity contribution in [2.45, 2.75) is 6.42 Å². The van der Waals surface area contributed by atoms with Crippen LogP contribution in [-0.2, 0) is 10.0 Å². The summed E-state index contributed by atoms with van der Waals surface area (Å²) in [6, 6.07) is 5.05. The van der Waals surface area contributed by atoms with Crippen LogP contribution in [0, 0.1) is 5.92 Å². The van der Waals surface area contributed by atoms with Crippen molar-refractivity contribution in [2.24, 2.45) is 5.92 Å². The number of hydrogen-bond acceptors (Lipinski definition) is 5.